The molecule has 0 spiro atoms. The highest BCUT2D eigenvalue weighted by Crippen LogP contribution is 2.24. The molecule has 0 aliphatic rings. The van der Waals surface area contributed by atoms with Crippen molar-refractivity contribution in [2.75, 3.05) is 23.1 Å². The molecule has 1 amide bonds. The number of nitrogens with zero attached hydrogens (tertiary/aromatic N) is 1. The molecule has 0 saturated heterocycles. The van der Waals surface area contributed by atoms with Crippen molar-refractivity contribution in [3.8, 4) is 0 Å². The third kappa shape index (κ3) is 4.54. The van der Waals surface area contributed by atoms with Gasteiger partial charge in [-0.05, 0) is 18.4 Å². The topological polar surface area (TPSA) is 101 Å². The molecule has 110 valence electrons. The highest BCUT2D eigenvalue weighted by Gasteiger charge is 2.08. The van der Waals surface area contributed by atoms with E-state index in [4.69, 9.17) is 5.73 Å². The number of rotatable bonds is 5. The molecule has 2 aromatic rings. The fourth-order valence-corrected chi connectivity index (χ4v) is 2.83. The van der Waals surface area contributed by atoms with Gasteiger partial charge in [-0.3, -0.25) is 9.59 Å². The van der Waals surface area contributed by atoms with E-state index < -0.39 is 0 Å². The summed E-state index contributed by atoms with van der Waals surface area (Å²) in [7, 11) is 0. The normalized spacial score (nSPS) is 10.3. The summed E-state index contributed by atoms with van der Waals surface area (Å²) in [6.07, 6.45) is 1.95. The van der Waals surface area contributed by atoms with Gasteiger partial charge in [0.15, 0.2) is 5.16 Å². The highest BCUT2D eigenvalue weighted by atomic mass is 32.2. The number of nitrogen functional groups attached to an aromatic ring is 1. The number of H-pyrrole nitrogens is 1. The maximum Gasteiger partial charge on any atom is 0.253 e. The Hall–Kier alpha value is -1.93. The third-order valence-electron chi connectivity index (χ3n) is 2.46. The quantitative estimate of drug-likeness (QED) is 0.573. The predicted molar refractivity (Wildman–Crippen MR) is 86.8 cm³/mol. The van der Waals surface area contributed by atoms with Gasteiger partial charge in [-0.15, -0.1) is 11.8 Å². The molecule has 0 bridgehead atoms. The average Bonchev–Trinajstić information content (AvgIpc) is 2.45. The van der Waals surface area contributed by atoms with Crippen molar-refractivity contribution in [2.45, 2.75) is 10.1 Å². The summed E-state index contributed by atoms with van der Waals surface area (Å²) in [5.41, 5.74) is 5.91. The molecule has 1 heterocycles. The van der Waals surface area contributed by atoms with Crippen molar-refractivity contribution in [3.05, 3.63) is 40.7 Å². The van der Waals surface area contributed by atoms with Crippen molar-refractivity contribution >= 4 is 40.9 Å². The number of aromatic nitrogens is 2. The van der Waals surface area contributed by atoms with E-state index in [2.05, 4.69) is 15.3 Å². The SMILES string of the molecule is CSc1ccccc1NC(=O)CSc1nc(N)cc(=O)[nH]1. The lowest BCUT2D eigenvalue weighted by Crippen LogP contribution is -2.16. The second-order valence-corrected chi connectivity index (χ2v) is 5.82. The molecule has 0 fully saturated rings. The summed E-state index contributed by atoms with van der Waals surface area (Å²) < 4.78 is 0. The van der Waals surface area contributed by atoms with Crippen molar-refractivity contribution in [1.82, 2.24) is 9.97 Å². The van der Waals surface area contributed by atoms with E-state index in [9.17, 15) is 9.59 Å². The minimum absolute atomic E-state index is 0.134. The molecule has 0 aliphatic heterocycles. The second kappa shape index (κ2) is 7.19. The van der Waals surface area contributed by atoms with E-state index in [1.807, 2.05) is 30.5 Å². The van der Waals surface area contributed by atoms with E-state index in [1.54, 1.807) is 11.8 Å². The molecular formula is C13H14N4O2S2. The van der Waals surface area contributed by atoms with Gasteiger partial charge in [-0.1, -0.05) is 23.9 Å². The van der Waals surface area contributed by atoms with Crippen LogP contribution in [0.5, 0.6) is 0 Å². The summed E-state index contributed by atoms with van der Waals surface area (Å²) in [5, 5.41) is 3.16. The van der Waals surface area contributed by atoms with E-state index >= 15 is 0 Å². The molecule has 4 N–H and O–H groups in total. The number of nitrogens with two attached hydrogens (primary N) is 1. The Kier molecular flexibility index (Phi) is 5.29. The average molecular weight is 322 g/mol. The zero-order valence-corrected chi connectivity index (χ0v) is 12.9. The first-order valence-corrected chi connectivity index (χ1v) is 8.22. The molecule has 6 nitrogen and oxygen atoms in total. The van der Waals surface area contributed by atoms with Crippen LogP contribution >= 0.6 is 23.5 Å². The van der Waals surface area contributed by atoms with Gasteiger partial charge in [-0.25, -0.2) is 4.98 Å². The number of carbonyl (C=O) groups excluding carboxylic acids is 1. The lowest BCUT2D eigenvalue weighted by molar-refractivity contribution is -0.113. The van der Waals surface area contributed by atoms with Crippen molar-refractivity contribution in [3.63, 3.8) is 0 Å². The fourth-order valence-electron chi connectivity index (χ4n) is 1.59. The molecule has 2 rings (SSSR count). The van der Waals surface area contributed by atoms with Crippen LogP contribution in [0.3, 0.4) is 0 Å². The number of hydrogen-bond acceptors (Lipinski definition) is 6. The number of hydrogen-bond donors (Lipinski definition) is 3. The Morgan fingerprint density at radius 1 is 1.43 bits per heavy atom. The van der Waals surface area contributed by atoms with Crippen LogP contribution in [-0.2, 0) is 4.79 Å². The standard InChI is InChI=1S/C13H14N4O2S2/c1-20-9-5-3-2-4-8(9)15-12(19)7-21-13-16-10(14)6-11(18)17-13/h2-6H,7H2,1H3,(H,15,19)(H3,14,16,17,18). The monoisotopic (exact) mass is 322 g/mol. The van der Waals surface area contributed by atoms with Crippen LogP contribution in [0.25, 0.3) is 0 Å². The molecule has 0 saturated carbocycles. The largest absolute Gasteiger partial charge is 0.383 e. The van der Waals surface area contributed by atoms with Crippen LogP contribution in [0, 0.1) is 0 Å². The van der Waals surface area contributed by atoms with Gasteiger partial charge in [0.25, 0.3) is 5.56 Å². The maximum absolute atomic E-state index is 11.9. The molecule has 1 aromatic carbocycles. The Labute approximate surface area is 129 Å². The number of nitrogens with one attached hydrogen (secondary N) is 2. The summed E-state index contributed by atoms with van der Waals surface area (Å²) in [5.74, 6) is 0.0933. The fraction of sp³-hybridized carbons (Fsp3) is 0.154. The summed E-state index contributed by atoms with van der Waals surface area (Å²) in [4.78, 5) is 30.6. The number of aromatic amines is 1. The Balaban J connectivity index is 1.97. The highest BCUT2D eigenvalue weighted by molar-refractivity contribution is 7.99. The lowest BCUT2D eigenvalue weighted by atomic mass is 10.3. The minimum atomic E-state index is -0.335. The number of amides is 1. The summed E-state index contributed by atoms with van der Waals surface area (Å²) in [6.45, 7) is 0. The van der Waals surface area contributed by atoms with E-state index in [1.165, 1.54) is 6.07 Å². The Morgan fingerprint density at radius 3 is 2.90 bits per heavy atom. The molecular weight excluding hydrogens is 308 g/mol. The van der Waals surface area contributed by atoms with Crippen LogP contribution < -0.4 is 16.6 Å². The van der Waals surface area contributed by atoms with Crippen LogP contribution in [0.4, 0.5) is 11.5 Å². The number of benzene rings is 1. The molecule has 0 radical (unpaired) electrons. The van der Waals surface area contributed by atoms with E-state index in [-0.39, 0.29) is 23.0 Å². The lowest BCUT2D eigenvalue weighted by Gasteiger charge is -2.08. The van der Waals surface area contributed by atoms with Crippen LogP contribution in [0.15, 0.2) is 45.2 Å². The van der Waals surface area contributed by atoms with Gasteiger partial charge in [0.1, 0.15) is 5.82 Å². The zero-order valence-electron chi connectivity index (χ0n) is 11.3. The molecule has 0 atom stereocenters. The van der Waals surface area contributed by atoms with Crippen LogP contribution in [-0.4, -0.2) is 27.9 Å². The van der Waals surface area contributed by atoms with Gasteiger partial charge >= 0.3 is 0 Å². The zero-order chi connectivity index (χ0) is 15.2. The summed E-state index contributed by atoms with van der Waals surface area (Å²) in [6, 6.07) is 8.75. The first kappa shape index (κ1) is 15.5. The maximum atomic E-state index is 11.9. The van der Waals surface area contributed by atoms with Crippen molar-refractivity contribution in [2.24, 2.45) is 0 Å². The van der Waals surface area contributed by atoms with Crippen LogP contribution in [0.2, 0.25) is 0 Å². The molecule has 21 heavy (non-hydrogen) atoms. The van der Waals surface area contributed by atoms with Crippen LogP contribution in [0.1, 0.15) is 0 Å². The number of thioether (sulfide) groups is 2. The van der Waals surface area contributed by atoms with Gasteiger partial charge in [0.05, 0.1) is 11.4 Å². The second-order valence-electron chi connectivity index (χ2n) is 4.01. The van der Waals surface area contributed by atoms with Crippen molar-refractivity contribution in [1.29, 1.82) is 0 Å². The predicted octanol–water partition coefficient (Wildman–Crippen LogP) is 1.80. The number of para-hydroxylation sites is 1. The van der Waals surface area contributed by atoms with Gasteiger partial charge in [0, 0.05) is 11.0 Å². The minimum Gasteiger partial charge on any atom is -0.383 e. The third-order valence-corrected chi connectivity index (χ3v) is 4.13. The van der Waals surface area contributed by atoms with Gasteiger partial charge in [0.2, 0.25) is 5.91 Å². The van der Waals surface area contributed by atoms with E-state index in [0.29, 0.717) is 5.16 Å². The Morgan fingerprint density at radius 2 is 2.19 bits per heavy atom. The first-order valence-electron chi connectivity index (χ1n) is 6.01. The number of carbonyl (C=O) groups is 1. The first-order chi connectivity index (χ1) is 10.1. The van der Waals surface area contributed by atoms with Gasteiger partial charge in [-0.2, -0.15) is 0 Å². The smallest absolute Gasteiger partial charge is 0.253 e. The Bertz CT molecular complexity index is 703. The molecule has 8 heteroatoms. The van der Waals surface area contributed by atoms with Crippen molar-refractivity contribution < 1.29 is 4.79 Å². The van der Waals surface area contributed by atoms with E-state index in [0.717, 1.165) is 22.3 Å². The molecule has 0 aliphatic carbocycles. The molecule has 1 aromatic heterocycles. The van der Waals surface area contributed by atoms with Gasteiger partial charge < -0.3 is 16.0 Å². The molecule has 0 unspecified atom stereocenters. The number of anilines is 2. The summed E-state index contributed by atoms with van der Waals surface area (Å²) >= 11 is 2.68.